The van der Waals surface area contributed by atoms with E-state index in [9.17, 15) is 9.18 Å². The third-order valence-corrected chi connectivity index (χ3v) is 2.97. The SMILES string of the molecule is COc1ccccc1-n1c(=O)[nH]c2ccc(F)cc21. The molecule has 0 aliphatic rings. The van der Waals surface area contributed by atoms with E-state index in [1.807, 2.05) is 6.07 Å². The molecule has 4 nitrogen and oxygen atoms in total. The van der Waals surface area contributed by atoms with Crippen LogP contribution in [0.25, 0.3) is 16.7 Å². The number of fused-ring (bicyclic) bond motifs is 1. The molecule has 0 radical (unpaired) electrons. The molecule has 0 spiro atoms. The van der Waals surface area contributed by atoms with Gasteiger partial charge >= 0.3 is 5.69 Å². The summed E-state index contributed by atoms with van der Waals surface area (Å²) in [5.74, 6) is 0.157. The van der Waals surface area contributed by atoms with Gasteiger partial charge in [0.1, 0.15) is 11.6 Å². The van der Waals surface area contributed by atoms with Crippen LogP contribution in [0.5, 0.6) is 5.75 Å². The van der Waals surface area contributed by atoms with Crippen molar-refractivity contribution in [2.75, 3.05) is 7.11 Å². The van der Waals surface area contributed by atoms with Gasteiger partial charge < -0.3 is 9.72 Å². The Morgan fingerprint density at radius 2 is 2.00 bits per heavy atom. The first kappa shape index (κ1) is 11.5. The summed E-state index contributed by atoms with van der Waals surface area (Å²) >= 11 is 0. The Hall–Kier alpha value is -2.56. The second-order valence-corrected chi connectivity index (χ2v) is 4.10. The molecule has 0 fully saturated rings. The molecule has 1 heterocycles. The molecule has 0 atom stereocenters. The fraction of sp³-hybridized carbons (Fsp3) is 0.0714. The number of hydrogen-bond donors (Lipinski definition) is 1. The molecule has 0 aliphatic carbocycles. The van der Waals surface area contributed by atoms with Gasteiger partial charge in [-0.15, -0.1) is 0 Å². The van der Waals surface area contributed by atoms with Crippen LogP contribution >= 0.6 is 0 Å². The maximum absolute atomic E-state index is 13.4. The second kappa shape index (κ2) is 4.28. The maximum atomic E-state index is 13.4. The standard InChI is InChI=1S/C14H11FN2O2/c1-19-13-5-3-2-4-11(13)17-12-8-9(15)6-7-10(12)16-14(17)18/h2-8H,1H3,(H,16,18). The average Bonchev–Trinajstić information content (AvgIpc) is 2.74. The van der Waals surface area contributed by atoms with Crippen molar-refractivity contribution in [1.82, 2.24) is 9.55 Å². The number of benzene rings is 2. The van der Waals surface area contributed by atoms with E-state index in [0.29, 0.717) is 22.5 Å². The zero-order valence-electron chi connectivity index (χ0n) is 10.2. The Morgan fingerprint density at radius 3 is 2.79 bits per heavy atom. The third-order valence-electron chi connectivity index (χ3n) is 2.97. The summed E-state index contributed by atoms with van der Waals surface area (Å²) in [6.45, 7) is 0. The van der Waals surface area contributed by atoms with Crippen molar-refractivity contribution >= 4 is 11.0 Å². The Balaban J connectivity index is 2.39. The lowest BCUT2D eigenvalue weighted by molar-refractivity contribution is 0.413. The van der Waals surface area contributed by atoms with Crippen LogP contribution in [0.15, 0.2) is 47.3 Å². The van der Waals surface area contributed by atoms with Gasteiger partial charge in [-0.1, -0.05) is 12.1 Å². The Bertz CT molecular complexity index is 805. The Morgan fingerprint density at radius 1 is 1.21 bits per heavy atom. The van der Waals surface area contributed by atoms with Crippen LogP contribution < -0.4 is 10.4 Å². The van der Waals surface area contributed by atoms with Gasteiger partial charge in [0.2, 0.25) is 0 Å². The maximum Gasteiger partial charge on any atom is 0.331 e. The molecule has 19 heavy (non-hydrogen) atoms. The van der Waals surface area contributed by atoms with Gasteiger partial charge in [-0.05, 0) is 24.3 Å². The highest BCUT2D eigenvalue weighted by Crippen LogP contribution is 2.24. The summed E-state index contributed by atoms with van der Waals surface area (Å²) in [5, 5.41) is 0. The summed E-state index contributed by atoms with van der Waals surface area (Å²) in [6.07, 6.45) is 0. The molecule has 96 valence electrons. The molecule has 0 bridgehead atoms. The minimum Gasteiger partial charge on any atom is -0.495 e. The van der Waals surface area contributed by atoms with Crippen LogP contribution in [-0.2, 0) is 0 Å². The molecule has 3 aromatic rings. The highest BCUT2D eigenvalue weighted by atomic mass is 19.1. The molecular formula is C14H11FN2O2. The monoisotopic (exact) mass is 258 g/mol. The largest absolute Gasteiger partial charge is 0.495 e. The summed E-state index contributed by atoms with van der Waals surface area (Å²) < 4.78 is 20.0. The predicted octanol–water partition coefficient (Wildman–Crippen LogP) is 2.47. The number of imidazole rings is 1. The van der Waals surface area contributed by atoms with Crippen molar-refractivity contribution in [2.24, 2.45) is 0 Å². The fourth-order valence-electron chi connectivity index (χ4n) is 2.13. The molecule has 0 amide bonds. The van der Waals surface area contributed by atoms with Crippen LogP contribution in [-0.4, -0.2) is 16.7 Å². The topological polar surface area (TPSA) is 47.0 Å². The zero-order chi connectivity index (χ0) is 13.4. The highest BCUT2D eigenvalue weighted by molar-refractivity contribution is 5.78. The van der Waals surface area contributed by atoms with E-state index >= 15 is 0 Å². The molecule has 0 unspecified atom stereocenters. The van der Waals surface area contributed by atoms with E-state index in [0.717, 1.165) is 0 Å². The van der Waals surface area contributed by atoms with Gasteiger partial charge in [-0.2, -0.15) is 0 Å². The first-order chi connectivity index (χ1) is 9.20. The number of rotatable bonds is 2. The van der Waals surface area contributed by atoms with E-state index in [2.05, 4.69) is 4.98 Å². The van der Waals surface area contributed by atoms with E-state index in [1.165, 1.54) is 29.9 Å². The smallest absolute Gasteiger partial charge is 0.331 e. The van der Waals surface area contributed by atoms with Crippen molar-refractivity contribution in [3.8, 4) is 11.4 Å². The van der Waals surface area contributed by atoms with Crippen molar-refractivity contribution in [3.63, 3.8) is 0 Å². The summed E-state index contributed by atoms with van der Waals surface area (Å²) in [5.41, 5.74) is 1.31. The number of hydrogen-bond acceptors (Lipinski definition) is 2. The minimum absolute atomic E-state index is 0.329. The molecule has 3 rings (SSSR count). The first-order valence-corrected chi connectivity index (χ1v) is 5.74. The molecule has 1 N–H and O–H groups in total. The molecule has 2 aromatic carbocycles. The first-order valence-electron chi connectivity index (χ1n) is 5.74. The Kier molecular flexibility index (Phi) is 2.59. The lowest BCUT2D eigenvalue weighted by atomic mass is 10.2. The number of nitrogens with zero attached hydrogens (tertiary/aromatic N) is 1. The number of H-pyrrole nitrogens is 1. The molecular weight excluding hydrogens is 247 g/mol. The van der Waals surface area contributed by atoms with E-state index < -0.39 is 5.82 Å². The van der Waals surface area contributed by atoms with Crippen LogP contribution in [0.3, 0.4) is 0 Å². The van der Waals surface area contributed by atoms with Crippen LogP contribution in [0, 0.1) is 5.82 Å². The number of ether oxygens (including phenoxy) is 1. The van der Waals surface area contributed by atoms with Crippen LogP contribution in [0.1, 0.15) is 0 Å². The normalized spacial score (nSPS) is 10.8. The third kappa shape index (κ3) is 1.79. The number of aromatic amines is 1. The molecule has 0 aliphatic heterocycles. The van der Waals surface area contributed by atoms with Gasteiger partial charge in [0.15, 0.2) is 0 Å². The second-order valence-electron chi connectivity index (χ2n) is 4.10. The Labute approximate surface area is 108 Å². The van der Waals surface area contributed by atoms with Crippen molar-refractivity contribution < 1.29 is 9.13 Å². The number of halogens is 1. The van der Waals surface area contributed by atoms with Crippen LogP contribution in [0.4, 0.5) is 4.39 Å². The van der Waals surface area contributed by atoms with Gasteiger partial charge in [0, 0.05) is 6.07 Å². The van der Waals surface area contributed by atoms with E-state index in [1.54, 1.807) is 18.2 Å². The van der Waals surface area contributed by atoms with E-state index in [-0.39, 0.29) is 5.69 Å². The summed E-state index contributed by atoms with van der Waals surface area (Å²) in [6, 6.07) is 11.3. The lowest BCUT2D eigenvalue weighted by Gasteiger charge is -2.08. The van der Waals surface area contributed by atoms with Gasteiger partial charge in [0.25, 0.3) is 0 Å². The summed E-state index contributed by atoms with van der Waals surface area (Å²) in [4.78, 5) is 14.7. The summed E-state index contributed by atoms with van der Waals surface area (Å²) in [7, 11) is 1.53. The highest BCUT2D eigenvalue weighted by Gasteiger charge is 2.12. The number of methoxy groups -OCH3 is 1. The predicted molar refractivity (Wildman–Crippen MR) is 70.4 cm³/mol. The molecule has 1 aromatic heterocycles. The number of aromatic nitrogens is 2. The lowest BCUT2D eigenvalue weighted by Crippen LogP contribution is -2.15. The van der Waals surface area contributed by atoms with Gasteiger partial charge in [0.05, 0.1) is 23.8 Å². The fourth-order valence-corrected chi connectivity index (χ4v) is 2.13. The van der Waals surface area contributed by atoms with E-state index in [4.69, 9.17) is 4.74 Å². The van der Waals surface area contributed by atoms with Crippen molar-refractivity contribution in [3.05, 3.63) is 58.8 Å². The molecule has 0 saturated heterocycles. The average molecular weight is 258 g/mol. The zero-order valence-corrected chi connectivity index (χ0v) is 10.2. The van der Waals surface area contributed by atoms with Crippen molar-refractivity contribution in [2.45, 2.75) is 0 Å². The minimum atomic E-state index is -0.393. The van der Waals surface area contributed by atoms with Gasteiger partial charge in [-0.25, -0.2) is 9.18 Å². The quantitative estimate of drug-likeness (QED) is 0.767. The molecule has 0 saturated carbocycles. The molecule has 5 heteroatoms. The number of para-hydroxylation sites is 2. The van der Waals surface area contributed by atoms with Gasteiger partial charge in [-0.3, -0.25) is 4.57 Å². The van der Waals surface area contributed by atoms with Crippen molar-refractivity contribution in [1.29, 1.82) is 0 Å². The van der Waals surface area contributed by atoms with Crippen LogP contribution in [0.2, 0.25) is 0 Å². The number of nitrogens with one attached hydrogen (secondary N) is 1.